The Bertz CT molecular complexity index is 890. The predicted octanol–water partition coefficient (Wildman–Crippen LogP) is 6.94. The highest BCUT2D eigenvalue weighted by Crippen LogP contribution is 2.76. The number of hydrogen-bond acceptors (Lipinski definition) is 3. The van der Waals surface area contributed by atoms with Crippen LogP contribution in [0.15, 0.2) is 11.6 Å². The van der Waals surface area contributed by atoms with Gasteiger partial charge in [0, 0.05) is 18.3 Å². The molecule has 0 amide bonds. The first-order valence-corrected chi connectivity index (χ1v) is 13.7. The van der Waals surface area contributed by atoms with E-state index < -0.39 is 0 Å². The maximum atomic E-state index is 12.9. The molecular weight excluding hydrogens is 408 g/mol. The molecule has 1 heterocycles. The Morgan fingerprint density at radius 1 is 0.909 bits per heavy atom. The second-order valence-corrected chi connectivity index (χ2v) is 14.2. The van der Waals surface area contributed by atoms with Crippen LogP contribution in [0, 0.1) is 45.3 Å². The van der Waals surface area contributed by atoms with E-state index in [9.17, 15) is 9.59 Å². The van der Waals surface area contributed by atoms with Crippen molar-refractivity contribution in [2.24, 2.45) is 45.3 Å². The Balaban J connectivity index is 1.43. The van der Waals surface area contributed by atoms with Crippen molar-refractivity contribution in [2.45, 2.75) is 112 Å². The van der Waals surface area contributed by atoms with Gasteiger partial charge in [-0.05, 0) is 105 Å². The third kappa shape index (κ3) is 3.16. The highest BCUT2D eigenvalue weighted by Gasteiger charge is 2.71. The fourth-order valence-electron chi connectivity index (χ4n) is 10.4. The molecule has 0 N–H and O–H groups in total. The first-order valence-electron chi connectivity index (χ1n) is 13.7. The number of carbonyl (C=O) groups is 2. The summed E-state index contributed by atoms with van der Waals surface area (Å²) in [4.78, 5) is 25.6. The normalized spacial score (nSPS) is 50.1. The Hall–Kier alpha value is -0.960. The fraction of sp³-hybridized carbons (Fsp3) is 0.867. The number of allylic oxidation sites excluding steroid dienone is 2. The number of Topliss-reactive ketones (excluding diaryl/α,β-unsaturated/α-hetero) is 1. The van der Waals surface area contributed by atoms with Gasteiger partial charge in [0.1, 0.15) is 11.4 Å². The SMILES string of the molecule is CC(C)=CC(=O)C[C@@]1([C@H]2CC[C@@]3(C)[C@H]2CC[C@@H]2[C@@]4(C)CCC(=O)C(C)(C)C4CC[C@]23C)CO1. The van der Waals surface area contributed by atoms with Gasteiger partial charge in [0.15, 0.2) is 5.78 Å². The average Bonchev–Trinajstić information content (AvgIpc) is 3.38. The molecule has 8 atom stereocenters. The van der Waals surface area contributed by atoms with Crippen molar-refractivity contribution >= 4 is 11.6 Å². The topological polar surface area (TPSA) is 46.7 Å². The van der Waals surface area contributed by atoms with Gasteiger partial charge in [0.05, 0.1) is 6.61 Å². The summed E-state index contributed by atoms with van der Waals surface area (Å²) in [5, 5.41) is 0. The van der Waals surface area contributed by atoms with Crippen LogP contribution >= 0.6 is 0 Å². The molecule has 4 aliphatic carbocycles. The summed E-state index contributed by atoms with van der Waals surface area (Å²) in [6.45, 7) is 17.0. The van der Waals surface area contributed by atoms with Crippen LogP contribution in [-0.2, 0) is 14.3 Å². The first-order chi connectivity index (χ1) is 15.3. The maximum Gasteiger partial charge on any atom is 0.158 e. The number of fused-ring (bicyclic) bond motifs is 5. The Morgan fingerprint density at radius 3 is 2.21 bits per heavy atom. The van der Waals surface area contributed by atoms with Gasteiger partial charge in [-0.3, -0.25) is 9.59 Å². The van der Waals surface area contributed by atoms with Crippen LogP contribution < -0.4 is 0 Å². The van der Waals surface area contributed by atoms with E-state index in [0.717, 1.165) is 25.0 Å². The number of ether oxygens (including phenoxy) is 1. The van der Waals surface area contributed by atoms with Gasteiger partial charge < -0.3 is 4.74 Å². The lowest BCUT2D eigenvalue weighted by molar-refractivity contribution is -0.203. The maximum absolute atomic E-state index is 12.9. The summed E-state index contributed by atoms with van der Waals surface area (Å²) in [5.41, 5.74) is 1.59. The molecule has 184 valence electrons. The molecule has 1 aliphatic heterocycles. The zero-order valence-electron chi connectivity index (χ0n) is 22.2. The van der Waals surface area contributed by atoms with Crippen LogP contribution in [0.5, 0.6) is 0 Å². The minimum Gasteiger partial charge on any atom is -0.369 e. The zero-order chi connectivity index (χ0) is 24.0. The monoisotopic (exact) mass is 454 g/mol. The molecule has 0 bridgehead atoms. The molecule has 0 aromatic carbocycles. The van der Waals surface area contributed by atoms with Crippen molar-refractivity contribution in [1.82, 2.24) is 0 Å². The minimum absolute atomic E-state index is 0.179. The molecule has 5 aliphatic rings. The lowest BCUT2D eigenvalue weighted by Gasteiger charge is -2.69. The number of epoxide rings is 1. The molecule has 33 heavy (non-hydrogen) atoms. The predicted molar refractivity (Wildman–Crippen MR) is 132 cm³/mol. The van der Waals surface area contributed by atoms with Crippen molar-refractivity contribution in [3.05, 3.63) is 11.6 Å². The largest absolute Gasteiger partial charge is 0.369 e. The van der Waals surface area contributed by atoms with Crippen LogP contribution in [0.3, 0.4) is 0 Å². The quantitative estimate of drug-likeness (QED) is 0.341. The van der Waals surface area contributed by atoms with Crippen molar-refractivity contribution in [2.75, 3.05) is 6.61 Å². The Morgan fingerprint density at radius 2 is 1.58 bits per heavy atom. The molecule has 5 fully saturated rings. The van der Waals surface area contributed by atoms with Crippen LogP contribution in [-0.4, -0.2) is 23.8 Å². The Labute approximate surface area is 201 Å². The standard InChI is InChI=1S/C30H46O3/c1-19(2)16-20(31)17-30(18-33-30)22-10-14-28(6)21(22)8-9-24-27(5)13-12-25(32)26(3,4)23(27)11-15-29(24,28)7/h16,21-24H,8-15,17-18H2,1-7H3/t21-,22-,23?,24+,27-,28-,29+,30-/m0/s1. The summed E-state index contributed by atoms with van der Waals surface area (Å²) < 4.78 is 6.15. The van der Waals surface area contributed by atoms with Gasteiger partial charge in [0.2, 0.25) is 0 Å². The molecule has 0 radical (unpaired) electrons. The van der Waals surface area contributed by atoms with Crippen LogP contribution in [0.2, 0.25) is 0 Å². The molecule has 0 spiro atoms. The molecular formula is C30H46O3. The van der Waals surface area contributed by atoms with Gasteiger partial charge >= 0.3 is 0 Å². The van der Waals surface area contributed by atoms with E-state index in [2.05, 4.69) is 34.6 Å². The highest BCUT2D eigenvalue weighted by atomic mass is 16.6. The zero-order valence-corrected chi connectivity index (χ0v) is 22.2. The summed E-state index contributed by atoms with van der Waals surface area (Å²) in [6, 6.07) is 0. The van der Waals surface area contributed by atoms with Gasteiger partial charge in [-0.15, -0.1) is 0 Å². The first kappa shape index (κ1) is 23.8. The summed E-state index contributed by atoms with van der Waals surface area (Å²) in [5.74, 6) is 3.11. The van der Waals surface area contributed by atoms with Gasteiger partial charge in [-0.2, -0.15) is 0 Å². The van der Waals surface area contributed by atoms with E-state index in [4.69, 9.17) is 4.74 Å². The van der Waals surface area contributed by atoms with Crippen molar-refractivity contribution < 1.29 is 14.3 Å². The smallest absolute Gasteiger partial charge is 0.158 e. The molecule has 0 aromatic rings. The molecule has 1 unspecified atom stereocenters. The lowest BCUT2D eigenvalue weighted by Crippen LogP contribution is -2.63. The van der Waals surface area contributed by atoms with E-state index >= 15 is 0 Å². The number of ketones is 2. The molecule has 5 rings (SSSR count). The number of hydrogen-bond donors (Lipinski definition) is 0. The van der Waals surface area contributed by atoms with E-state index in [1.54, 1.807) is 0 Å². The second-order valence-electron chi connectivity index (χ2n) is 14.2. The van der Waals surface area contributed by atoms with E-state index in [1.807, 2.05) is 19.9 Å². The Kier molecular flexibility index (Phi) is 5.24. The van der Waals surface area contributed by atoms with E-state index in [0.29, 0.717) is 46.7 Å². The highest BCUT2D eigenvalue weighted by molar-refractivity contribution is 5.91. The summed E-state index contributed by atoms with van der Waals surface area (Å²) >= 11 is 0. The molecule has 0 aromatic heterocycles. The van der Waals surface area contributed by atoms with Crippen molar-refractivity contribution in [3.8, 4) is 0 Å². The van der Waals surface area contributed by atoms with Crippen molar-refractivity contribution in [3.63, 3.8) is 0 Å². The third-order valence-electron chi connectivity index (χ3n) is 12.3. The molecule has 1 saturated heterocycles. The lowest BCUT2D eigenvalue weighted by atomic mass is 9.35. The van der Waals surface area contributed by atoms with Crippen LogP contribution in [0.1, 0.15) is 106 Å². The second kappa shape index (κ2) is 7.28. The third-order valence-corrected chi connectivity index (χ3v) is 12.3. The van der Waals surface area contributed by atoms with Crippen molar-refractivity contribution in [1.29, 1.82) is 0 Å². The molecule has 3 nitrogen and oxygen atoms in total. The average molecular weight is 455 g/mol. The van der Waals surface area contributed by atoms with E-state index in [-0.39, 0.29) is 22.2 Å². The molecule has 4 saturated carbocycles. The summed E-state index contributed by atoms with van der Waals surface area (Å²) in [6.07, 6.45) is 11.7. The minimum atomic E-state index is -0.199. The number of rotatable bonds is 4. The summed E-state index contributed by atoms with van der Waals surface area (Å²) in [7, 11) is 0. The van der Waals surface area contributed by atoms with Gasteiger partial charge in [-0.1, -0.05) is 40.2 Å². The molecule has 3 heteroatoms. The van der Waals surface area contributed by atoms with Crippen LogP contribution in [0.25, 0.3) is 0 Å². The van der Waals surface area contributed by atoms with Gasteiger partial charge in [0.25, 0.3) is 0 Å². The van der Waals surface area contributed by atoms with Gasteiger partial charge in [-0.25, -0.2) is 0 Å². The fourth-order valence-corrected chi connectivity index (χ4v) is 10.4. The van der Waals surface area contributed by atoms with Crippen LogP contribution in [0.4, 0.5) is 0 Å². The van der Waals surface area contributed by atoms with E-state index in [1.165, 1.54) is 38.5 Å². The number of carbonyl (C=O) groups excluding carboxylic acids is 2.